The molecular formula is C12H16BrO4P. The Balaban J connectivity index is 2.82. The molecule has 0 saturated heterocycles. The molecule has 0 aliphatic rings. The molecule has 0 bridgehead atoms. The van der Waals surface area contributed by atoms with Crippen LogP contribution in [0.15, 0.2) is 28.7 Å². The molecule has 0 spiro atoms. The van der Waals surface area contributed by atoms with Gasteiger partial charge in [-0.25, -0.2) is 0 Å². The van der Waals surface area contributed by atoms with Crippen LogP contribution in [0.25, 0.3) is 0 Å². The first kappa shape index (κ1) is 15.6. The number of rotatable bonds is 7. The Hall–Kier alpha value is -0.480. The summed E-state index contributed by atoms with van der Waals surface area (Å²) < 4.78 is 23.2. The lowest BCUT2D eigenvalue weighted by Crippen LogP contribution is -2.10. The standard InChI is InChI=1S/C12H16BrO4P/c1-3-16-18(15,17-4-2)9-12(14)10-6-5-7-11(13)8-10/h5-8H,3-4,9H2,1-2H3. The first-order valence-electron chi connectivity index (χ1n) is 5.67. The highest BCUT2D eigenvalue weighted by molar-refractivity contribution is 9.10. The van der Waals surface area contributed by atoms with E-state index in [0.717, 1.165) is 4.47 Å². The van der Waals surface area contributed by atoms with Crippen LogP contribution in [-0.2, 0) is 13.6 Å². The average Bonchev–Trinajstić information content (AvgIpc) is 2.29. The van der Waals surface area contributed by atoms with Crippen molar-refractivity contribution in [2.75, 3.05) is 19.4 Å². The quantitative estimate of drug-likeness (QED) is 0.560. The normalized spacial score (nSPS) is 11.5. The van der Waals surface area contributed by atoms with Crippen LogP contribution in [0.3, 0.4) is 0 Å². The van der Waals surface area contributed by atoms with Gasteiger partial charge in [-0.2, -0.15) is 0 Å². The minimum atomic E-state index is -3.32. The van der Waals surface area contributed by atoms with Crippen LogP contribution in [-0.4, -0.2) is 25.2 Å². The highest BCUT2D eigenvalue weighted by Crippen LogP contribution is 2.48. The van der Waals surface area contributed by atoms with E-state index < -0.39 is 7.60 Å². The molecule has 0 aliphatic heterocycles. The molecule has 0 saturated carbocycles. The number of benzene rings is 1. The molecule has 0 fully saturated rings. The van der Waals surface area contributed by atoms with Crippen LogP contribution in [0.5, 0.6) is 0 Å². The van der Waals surface area contributed by atoms with Gasteiger partial charge in [0.15, 0.2) is 5.78 Å². The zero-order valence-corrected chi connectivity index (χ0v) is 12.9. The summed E-state index contributed by atoms with van der Waals surface area (Å²) >= 11 is 3.29. The molecule has 0 aromatic heterocycles. The van der Waals surface area contributed by atoms with Crippen molar-refractivity contribution in [3.8, 4) is 0 Å². The van der Waals surface area contributed by atoms with Crippen LogP contribution >= 0.6 is 23.5 Å². The van der Waals surface area contributed by atoms with Crippen molar-refractivity contribution < 1.29 is 18.4 Å². The fraction of sp³-hybridized carbons (Fsp3) is 0.417. The number of ketones is 1. The topological polar surface area (TPSA) is 52.6 Å². The van der Waals surface area contributed by atoms with Gasteiger partial charge in [0, 0.05) is 10.0 Å². The molecule has 0 atom stereocenters. The van der Waals surface area contributed by atoms with E-state index in [1.54, 1.807) is 32.0 Å². The van der Waals surface area contributed by atoms with E-state index in [1.165, 1.54) is 0 Å². The van der Waals surface area contributed by atoms with E-state index in [1.807, 2.05) is 6.07 Å². The van der Waals surface area contributed by atoms with Crippen LogP contribution in [0, 0.1) is 0 Å². The summed E-state index contributed by atoms with van der Waals surface area (Å²) in [4.78, 5) is 12.0. The van der Waals surface area contributed by atoms with Gasteiger partial charge in [-0.15, -0.1) is 0 Å². The van der Waals surface area contributed by atoms with E-state index in [0.29, 0.717) is 5.56 Å². The third-order valence-corrected chi connectivity index (χ3v) is 4.61. The Morgan fingerprint density at radius 3 is 2.39 bits per heavy atom. The van der Waals surface area contributed by atoms with Gasteiger partial charge >= 0.3 is 7.60 Å². The van der Waals surface area contributed by atoms with Gasteiger partial charge in [0.2, 0.25) is 0 Å². The Kier molecular flexibility index (Phi) is 6.22. The largest absolute Gasteiger partial charge is 0.338 e. The molecule has 0 amide bonds. The van der Waals surface area contributed by atoms with E-state index in [9.17, 15) is 9.36 Å². The molecule has 1 aromatic rings. The molecule has 0 unspecified atom stereocenters. The van der Waals surface area contributed by atoms with Gasteiger partial charge in [0.1, 0.15) is 6.16 Å². The summed E-state index contributed by atoms with van der Waals surface area (Å²) in [6, 6.07) is 6.94. The summed E-state index contributed by atoms with van der Waals surface area (Å²) in [5, 5.41) is 0. The molecule has 0 N–H and O–H groups in total. The number of carbonyl (C=O) groups excluding carboxylic acids is 1. The molecule has 0 radical (unpaired) electrons. The summed E-state index contributed by atoms with van der Waals surface area (Å²) in [6.07, 6.45) is -0.231. The lowest BCUT2D eigenvalue weighted by Gasteiger charge is -2.16. The van der Waals surface area contributed by atoms with Crippen molar-refractivity contribution in [1.82, 2.24) is 0 Å². The maximum absolute atomic E-state index is 12.2. The maximum Gasteiger partial charge on any atom is 0.338 e. The minimum Gasteiger partial charge on any atom is -0.309 e. The predicted octanol–water partition coefficient (Wildman–Crippen LogP) is 3.90. The van der Waals surface area contributed by atoms with E-state index in [4.69, 9.17) is 9.05 Å². The summed E-state index contributed by atoms with van der Waals surface area (Å²) in [5.41, 5.74) is 0.490. The second kappa shape index (κ2) is 7.19. The first-order chi connectivity index (χ1) is 8.50. The Morgan fingerprint density at radius 2 is 1.89 bits per heavy atom. The molecule has 100 valence electrons. The first-order valence-corrected chi connectivity index (χ1v) is 8.19. The smallest absolute Gasteiger partial charge is 0.309 e. The lowest BCUT2D eigenvalue weighted by atomic mass is 10.2. The molecule has 1 aromatic carbocycles. The Morgan fingerprint density at radius 1 is 1.28 bits per heavy atom. The predicted molar refractivity (Wildman–Crippen MR) is 74.2 cm³/mol. The molecule has 0 heterocycles. The van der Waals surface area contributed by atoms with Gasteiger partial charge in [-0.1, -0.05) is 28.1 Å². The number of halogens is 1. The van der Waals surface area contributed by atoms with Gasteiger partial charge in [0.25, 0.3) is 0 Å². The van der Waals surface area contributed by atoms with Crippen molar-refractivity contribution in [2.45, 2.75) is 13.8 Å². The SMILES string of the molecule is CCOP(=O)(CC(=O)c1cccc(Br)c1)OCC. The van der Waals surface area contributed by atoms with E-state index >= 15 is 0 Å². The van der Waals surface area contributed by atoms with Gasteiger partial charge in [-0.3, -0.25) is 9.36 Å². The Labute approximate surface area is 115 Å². The Bertz CT molecular complexity index is 451. The van der Waals surface area contributed by atoms with Crippen molar-refractivity contribution in [3.05, 3.63) is 34.3 Å². The summed E-state index contributed by atoms with van der Waals surface area (Å²) in [5.74, 6) is -0.249. The fourth-order valence-corrected chi connectivity index (χ4v) is 3.43. The van der Waals surface area contributed by atoms with Gasteiger partial charge < -0.3 is 9.05 Å². The third kappa shape index (κ3) is 4.65. The highest BCUT2D eigenvalue weighted by atomic mass is 79.9. The highest BCUT2D eigenvalue weighted by Gasteiger charge is 2.28. The molecule has 6 heteroatoms. The van der Waals surface area contributed by atoms with Crippen LogP contribution in [0.4, 0.5) is 0 Å². The maximum atomic E-state index is 12.2. The average molecular weight is 335 g/mol. The van der Waals surface area contributed by atoms with Crippen LogP contribution in [0.2, 0.25) is 0 Å². The zero-order chi connectivity index (χ0) is 13.6. The van der Waals surface area contributed by atoms with E-state index in [-0.39, 0.29) is 25.2 Å². The van der Waals surface area contributed by atoms with Crippen molar-refractivity contribution >= 4 is 29.3 Å². The van der Waals surface area contributed by atoms with Crippen LogP contribution in [0.1, 0.15) is 24.2 Å². The second-order valence-corrected chi connectivity index (χ2v) is 6.51. The number of Topliss-reactive ketones (excluding diaryl/α,β-unsaturated/α-hetero) is 1. The summed E-state index contributed by atoms with van der Waals surface area (Å²) in [7, 11) is -3.32. The molecule has 1 rings (SSSR count). The second-order valence-electron chi connectivity index (χ2n) is 3.54. The van der Waals surface area contributed by atoms with Crippen molar-refractivity contribution in [2.24, 2.45) is 0 Å². The summed E-state index contributed by atoms with van der Waals surface area (Å²) in [6.45, 7) is 3.94. The molecule has 0 aliphatic carbocycles. The lowest BCUT2D eigenvalue weighted by molar-refractivity contribution is 0.100. The number of hydrogen-bond donors (Lipinski definition) is 0. The van der Waals surface area contributed by atoms with E-state index in [2.05, 4.69) is 15.9 Å². The fourth-order valence-electron chi connectivity index (χ4n) is 1.45. The minimum absolute atomic E-state index is 0.231. The van der Waals surface area contributed by atoms with Crippen molar-refractivity contribution in [3.63, 3.8) is 0 Å². The third-order valence-electron chi connectivity index (χ3n) is 2.14. The molecule has 4 nitrogen and oxygen atoms in total. The van der Waals surface area contributed by atoms with Gasteiger partial charge in [0.05, 0.1) is 13.2 Å². The molecule has 18 heavy (non-hydrogen) atoms. The monoisotopic (exact) mass is 334 g/mol. The van der Waals surface area contributed by atoms with Crippen molar-refractivity contribution in [1.29, 1.82) is 0 Å². The molecular weight excluding hydrogens is 319 g/mol. The van der Waals surface area contributed by atoms with Gasteiger partial charge in [-0.05, 0) is 26.0 Å². The zero-order valence-electron chi connectivity index (χ0n) is 10.4. The van der Waals surface area contributed by atoms with Crippen LogP contribution < -0.4 is 0 Å². The number of carbonyl (C=O) groups is 1. The number of hydrogen-bond acceptors (Lipinski definition) is 4.